The minimum atomic E-state index is -0.158. The van der Waals surface area contributed by atoms with Gasteiger partial charge in [-0.1, -0.05) is 6.07 Å². The summed E-state index contributed by atoms with van der Waals surface area (Å²) in [6.45, 7) is 4.04. The molecule has 1 aromatic carbocycles. The molecule has 0 aromatic heterocycles. The van der Waals surface area contributed by atoms with Crippen molar-refractivity contribution in [1.82, 2.24) is 10.6 Å². The van der Waals surface area contributed by atoms with Crippen LogP contribution in [0.1, 0.15) is 18.9 Å². The Morgan fingerprint density at radius 2 is 2.14 bits per heavy atom. The molecule has 0 heterocycles. The number of hydrogen-bond acceptors (Lipinski definition) is 5. The summed E-state index contributed by atoms with van der Waals surface area (Å²) < 4.78 is 10.7. The van der Waals surface area contributed by atoms with Crippen molar-refractivity contribution < 1.29 is 19.4 Å². The van der Waals surface area contributed by atoms with Gasteiger partial charge in [-0.15, -0.1) is 0 Å². The molecule has 3 N–H and O–H groups in total. The molecule has 1 rings (SSSR count). The van der Waals surface area contributed by atoms with E-state index in [1.807, 2.05) is 19.1 Å². The van der Waals surface area contributed by atoms with Crippen LogP contribution in [0.3, 0.4) is 0 Å². The van der Waals surface area contributed by atoms with Crippen molar-refractivity contribution in [2.45, 2.75) is 19.9 Å². The molecule has 1 aromatic rings. The number of carbonyl (C=O) groups is 1. The highest BCUT2D eigenvalue weighted by molar-refractivity contribution is 5.77. The van der Waals surface area contributed by atoms with E-state index >= 15 is 0 Å². The Kier molecular flexibility index (Phi) is 8.23. The van der Waals surface area contributed by atoms with Gasteiger partial charge in [-0.3, -0.25) is 4.79 Å². The summed E-state index contributed by atoms with van der Waals surface area (Å²) in [4.78, 5) is 11.4. The van der Waals surface area contributed by atoms with Crippen LogP contribution in [0, 0.1) is 0 Å². The lowest BCUT2D eigenvalue weighted by Gasteiger charge is -2.12. The van der Waals surface area contributed by atoms with Crippen molar-refractivity contribution in [2.24, 2.45) is 0 Å². The third-order valence-corrected chi connectivity index (χ3v) is 2.80. The van der Waals surface area contributed by atoms with E-state index in [9.17, 15) is 4.79 Å². The molecule has 118 valence electrons. The topological polar surface area (TPSA) is 79.8 Å². The van der Waals surface area contributed by atoms with Crippen LogP contribution in [-0.4, -0.2) is 44.4 Å². The Labute approximate surface area is 125 Å². The Bertz CT molecular complexity index is 438. The molecule has 21 heavy (non-hydrogen) atoms. The van der Waals surface area contributed by atoms with Crippen molar-refractivity contribution in [1.29, 1.82) is 0 Å². The maximum Gasteiger partial charge on any atom is 0.257 e. The molecule has 1 amide bonds. The van der Waals surface area contributed by atoms with E-state index in [-0.39, 0.29) is 19.1 Å². The molecule has 0 atom stereocenters. The number of amides is 1. The third-order valence-electron chi connectivity index (χ3n) is 2.80. The zero-order valence-electron chi connectivity index (χ0n) is 12.6. The largest absolute Gasteiger partial charge is 0.493 e. The quantitative estimate of drug-likeness (QED) is 0.553. The van der Waals surface area contributed by atoms with E-state index in [0.29, 0.717) is 24.6 Å². The summed E-state index contributed by atoms with van der Waals surface area (Å²) in [5, 5.41) is 14.6. The molecule has 6 nitrogen and oxygen atoms in total. The second-order valence-corrected chi connectivity index (χ2v) is 4.48. The number of aliphatic hydroxyl groups is 1. The molecule has 0 spiro atoms. The van der Waals surface area contributed by atoms with Crippen molar-refractivity contribution in [3.05, 3.63) is 23.8 Å². The molecule has 0 aliphatic heterocycles. The number of hydrogen-bond donors (Lipinski definition) is 3. The molecule has 0 aliphatic carbocycles. The van der Waals surface area contributed by atoms with Gasteiger partial charge in [0.1, 0.15) is 0 Å². The molecule has 0 saturated heterocycles. The fraction of sp³-hybridized carbons (Fsp3) is 0.533. The van der Waals surface area contributed by atoms with E-state index in [2.05, 4.69) is 10.6 Å². The fourth-order valence-electron chi connectivity index (χ4n) is 1.77. The summed E-state index contributed by atoms with van der Waals surface area (Å²) in [6.07, 6.45) is 0.727. The zero-order valence-corrected chi connectivity index (χ0v) is 12.6. The molecule has 0 fully saturated rings. The van der Waals surface area contributed by atoms with Crippen molar-refractivity contribution in [3.63, 3.8) is 0 Å². The predicted octanol–water partition coefficient (Wildman–Crippen LogP) is 0.682. The van der Waals surface area contributed by atoms with Crippen LogP contribution in [0.4, 0.5) is 0 Å². The molecule has 0 unspecified atom stereocenters. The van der Waals surface area contributed by atoms with Gasteiger partial charge in [0.15, 0.2) is 18.1 Å². The predicted molar refractivity (Wildman–Crippen MR) is 80.6 cm³/mol. The van der Waals surface area contributed by atoms with E-state index in [4.69, 9.17) is 14.6 Å². The maximum absolute atomic E-state index is 11.4. The molecule has 0 bridgehead atoms. The fourth-order valence-corrected chi connectivity index (χ4v) is 1.77. The molecule has 0 saturated carbocycles. The normalized spacial score (nSPS) is 10.2. The van der Waals surface area contributed by atoms with E-state index < -0.39 is 0 Å². The van der Waals surface area contributed by atoms with Gasteiger partial charge in [0.2, 0.25) is 0 Å². The smallest absolute Gasteiger partial charge is 0.257 e. The Morgan fingerprint density at radius 3 is 2.81 bits per heavy atom. The van der Waals surface area contributed by atoms with E-state index in [0.717, 1.165) is 18.5 Å². The van der Waals surface area contributed by atoms with Crippen LogP contribution in [0.2, 0.25) is 0 Å². The number of nitrogens with one attached hydrogen (secondary N) is 2. The zero-order chi connectivity index (χ0) is 15.5. The Balaban J connectivity index is 2.55. The van der Waals surface area contributed by atoms with Crippen LogP contribution >= 0.6 is 0 Å². The number of benzene rings is 1. The van der Waals surface area contributed by atoms with Gasteiger partial charge >= 0.3 is 0 Å². The van der Waals surface area contributed by atoms with Gasteiger partial charge in [-0.25, -0.2) is 0 Å². The Morgan fingerprint density at radius 1 is 1.33 bits per heavy atom. The first kappa shape index (κ1) is 17.3. The summed E-state index contributed by atoms with van der Waals surface area (Å²) in [6, 6.07) is 5.58. The van der Waals surface area contributed by atoms with Crippen LogP contribution in [0.5, 0.6) is 11.5 Å². The second-order valence-electron chi connectivity index (χ2n) is 4.48. The highest BCUT2D eigenvalue weighted by atomic mass is 16.5. The second kappa shape index (κ2) is 10.0. The molecular formula is C15H24N2O4. The first-order valence-corrected chi connectivity index (χ1v) is 7.09. The minimum Gasteiger partial charge on any atom is -0.493 e. The van der Waals surface area contributed by atoms with E-state index in [1.165, 1.54) is 0 Å². The number of methoxy groups -OCH3 is 1. The Hall–Kier alpha value is -1.79. The monoisotopic (exact) mass is 296 g/mol. The van der Waals surface area contributed by atoms with Crippen molar-refractivity contribution in [2.75, 3.05) is 33.4 Å². The van der Waals surface area contributed by atoms with Crippen molar-refractivity contribution in [3.8, 4) is 11.5 Å². The first-order valence-electron chi connectivity index (χ1n) is 7.09. The van der Waals surface area contributed by atoms with Crippen molar-refractivity contribution >= 4 is 5.91 Å². The van der Waals surface area contributed by atoms with Gasteiger partial charge < -0.3 is 25.2 Å². The van der Waals surface area contributed by atoms with Crippen LogP contribution < -0.4 is 20.1 Å². The number of likely N-dealkylation sites (N-methyl/N-ethyl adjacent to an activating group) is 1. The number of rotatable bonds is 10. The molecular weight excluding hydrogens is 272 g/mol. The lowest BCUT2D eigenvalue weighted by atomic mass is 10.2. The van der Waals surface area contributed by atoms with Crippen LogP contribution in [-0.2, 0) is 11.3 Å². The maximum atomic E-state index is 11.4. The molecule has 0 radical (unpaired) electrons. The van der Waals surface area contributed by atoms with Gasteiger partial charge in [-0.2, -0.15) is 0 Å². The average molecular weight is 296 g/mol. The van der Waals surface area contributed by atoms with Gasteiger partial charge in [0, 0.05) is 19.7 Å². The average Bonchev–Trinajstić information content (AvgIpc) is 2.50. The van der Waals surface area contributed by atoms with E-state index in [1.54, 1.807) is 13.2 Å². The summed E-state index contributed by atoms with van der Waals surface area (Å²) >= 11 is 0. The SMILES string of the molecule is CCNC(=O)COc1ccc(CNCCCO)cc1OC. The van der Waals surface area contributed by atoms with Crippen LogP contribution in [0.15, 0.2) is 18.2 Å². The number of aliphatic hydroxyl groups excluding tert-OH is 1. The number of ether oxygens (including phenoxy) is 2. The number of carbonyl (C=O) groups excluding carboxylic acids is 1. The van der Waals surface area contributed by atoms with Gasteiger partial charge in [0.05, 0.1) is 7.11 Å². The summed E-state index contributed by atoms with van der Waals surface area (Å²) in [5.74, 6) is 0.984. The highest BCUT2D eigenvalue weighted by Gasteiger charge is 2.08. The lowest BCUT2D eigenvalue weighted by Crippen LogP contribution is -2.28. The van der Waals surface area contributed by atoms with Gasteiger partial charge in [-0.05, 0) is 37.6 Å². The molecule has 6 heteroatoms. The first-order chi connectivity index (χ1) is 10.2. The molecule has 0 aliphatic rings. The highest BCUT2D eigenvalue weighted by Crippen LogP contribution is 2.27. The minimum absolute atomic E-state index is 0.0295. The lowest BCUT2D eigenvalue weighted by molar-refractivity contribution is -0.123. The van der Waals surface area contributed by atoms with Gasteiger partial charge in [0.25, 0.3) is 5.91 Å². The van der Waals surface area contributed by atoms with Crippen LogP contribution in [0.25, 0.3) is 0 Å². The summed E-state index contributed by atoms with van der Waals surface area (Å²) in [7, 11) is 1.57. The third kappa shape index (κ3) is 6.46. The summed E-state index contributed by atoms with van der Waals surface area (Å²) in [5.41, 5.74) is 1.05. The standard InChI is InChI=1S/C15H24N2O4/c1-3-17-15(19)11-21-13-6-5-12(9-14(13)20-2)10-16-7-4-8-18/h5-6,9,16,18H,3-4,7-8,10-11H2,1-2H3,(H,17,19).